The molecule has 2 aliphatic rings. The summed E-state index contributed by atoms with van der Waals surface area (Å²) < 4.78 is 5.81. The molecule has 2 fully saturated rings. The monoisotopic (exact) mass is 377 g/mol. The third-order valence-corrected chi connectivity index (χ3v) is 6.77. The summed E-state index contributed by atoms with van der Waals surface area (Å²) in [4.78, 5) is 15.6. The first-order valence-corrected chi connectivity index (χ1v) is 10.6. The maximum atomic E-state index is 13.5. The van der Waals surface area contributed by atoms with E-state index in [-0.39, 0.29) is 11.3 Å². The zero-order valence-corrected chi connectivity index (χ0v) is 17.1. The first-order chi connectivity index (χ1) is 13.6. The molecule has 1 heterocycles. The van der Waals surface area contributed by atoms with Crippen LogP contribution in [-0.2, 0) is 11.2 Å². The van der Waals surface area contributed by atoms with Gasteiger partial charge in [0.05, 0.1) is 6.10 Å². The number of likely N-dealkylation sites (tertiary alicyclic amines) is 1. The normalized spacial score (nSPS) is 24.6. The van der Waals surface area contributed by atoms with Crippen molar-refractivity contribution >= 4 is 5.91 Å². The number of carbonyl (C=O) groups is 1. The highest BCUT2D eigenvalue weighted by atomic mass is 16.5. The average molecular weight is 378 g/mol. The van der Waals surface area contributed by atoms with Crippen LogP contribution in [0.15, 0.2) is 48.5 Å². The minimum Gasteiger partial charge on any atom is -0.381 e. The third-order valence-electron chi connectivity index (χ3n) is 6.77. The van der Waals surface area contributed by atoms with E-state index in [1.54, 1.807) is 0 Å². The summed E-state index contributed by atoms with van der Waals surface area (Å²) in [5.74, 6) is 0.184. The molecule has 1 spiro atoms. The van der Waals surface area contributed by atoms with Crippen molar-refractivity contribution in [3.8, 4) is 0 Å². The van der Waals surface area contributed by atoms with Gasteiger partial charge >= 0.3 is 0 Å². The third kappa shape index (κ3) is 3.73. The smallest absolute Gasteiger partial charge is 0.254 e. The van der Waals surface area contributed by atoms with Gasteiger partial charge in [0, 0.05) is 31.2 Å². The molecule has 0 unspecified atom stereocenters. The maximum Gasteiger partial charge on any atom is 0.254 e. The van der Waals surface area contributed by atoms with E-state index in [4.69, 9.17) is 4.74 Å². The zero-order chi connectivity index (χ0) is 19.6. The molecule has 2 aromatic rings. The Bertz CT molecular complexity index is 829. The lowest BCUT2D eigenvalue weighted by atomic mass is 9.76. The van der Waals surface area contributed by atoms with Crippen molar-refractivity contribution in [1.82, 2.24) is 4.90 Å². The number of methoxy groups -OCH3 is 1. The first kappa shape index (κ1) is 19.2. The quantitative estimate of drug-likeness (QED) is 0.750. The number of carbonyl (C=O) groups excluding carboxylic acids is 1. The number of piperidine rings is 1. The van der Waals surface area contributed by atoms with Crippen LogP contribution >= 0.6 is 0 Å². The molecule has 1 amide bonds. The molecule has 0 radical (unpaired) electrons. The van der Waals surface area contributed by atoms with Gasteiger partial charge in [-0.25, -0.2) is 0 Å². The van der Waals surface area contributed by atoms with Gasteiger partial charge in [0.2, 0.25) is 0 Å². The Morgan fingerprint density at radius 1 is 1.11 bits per heavy atom. The van der Waals surface area contributed by atoms with E-state index in [0.717, 1.165) is 43.5 Å². The van der Waals surface area contributed by atoms with Crippen LogP contribution in [0.25, 0.3) is 0 Å². The predicted octanol–water partition coefficient (Wildman–Crippen LogP) is 5.01. The topological polar surface area (TPSA) is 29.5 Å². The molecule has 2 aromatic carbocycles. The molecule has 28 heavy (non-hydrogen) atoms. The number of hydrogen-bond acceptors (Lipinski definition) is 2. The highest BCUT2D eigenvalue weighted by Gasteiger charge is 2.46. The second-order valence-electron chi connectivity index (χ2n) is 8.63. The van der Waals surface area contributed by atoms with Crippen LogP contribution in [0.3, 0.4) is 0 Å². The van der Waals surface area contributed by atoms with Crippen molar-refractivity contribution < 1.29 is 9.53 Å². The Morgan fingerprint density at radius 3 is 2.64 bits per heavy atom. The van der Waals surface area contributed by atoms with Gasteiger partial charge < -0.3 is 9.64 Å². The van der Waals surface area contributed by atoms with Crippen LogP contribution in [0.5, 0.6) is 0 Å². The van der Waals surface area contributed by atoms with Gasteiger partial charge in [0.25, 0.3) is 5.91 Å². The second kappa shape index (κ2) is 8.08. The van der Waals surface area contributed by atoms with Gasteiger partial charge in [0.1, 0.15) is 0 Å². The molecule has 1 saturated heterocycles. The molecule has 3 nitrogen and oxygen atoms in total. The molecule has 2 atom stereocenters. The molecular weight excluding hydrogens is 346 g/mol. The van der Waals surface area contributed by atoms with Crippen molar-refractivity contribution in [2.75, 3.05) is 20.2 Å². The van der Waals surface area contributed by atoms with Gasteiger partial charge in [-0.3, -0.25) is 4.79 Å². The predicted molar refractivity (Wildman–Crippen MR) is 113 cm³/mol. The van der Waals surface area contributed by atoms with Crippen LogP contribution in [0.2, 0.25) is 0 Å². The molecule has 1 aliphatic carbocycles. The lowest BCUT2D eigenvalue weighted by molar-refractivity contribution is -0.0295. The van der Waals surface area contributed by atoms with Gasteiger partial charge in [-0.05, 0) is 56.2 Å². The van der Waals surface area contributed by atoms with Crippen molar-refractivity contribution in [1.29, 1.82) is 0 Å². The van der Waals surface area contributed by atoms with Crippen molar-refractivity contribution in [2.45, 2.75) is 51.6 Å². The highest BCUT2D eigenvalue weighted by molar-refractivity contribution is 5.96. The molecule has 0 bridgehead atoms. The van der Waals surface area contributed by atoms with Gasteiger partial charge in [-0.1, -0.05) is 54.4 Å². The number of benzene rings is 2. The minimum atomic E-state index is 0.161. The fraction of sp³-hybridized carbons (Fsp3) is 0.480. The van der Waals surface area contributed by atoms with Gasteiger partial charge in [0.15, 0.2) is 0 Å². The van der Waals surface area contributed by atoms with E-state index >= 15 is 0 Å². The van der Waals surface area contributed by atoms with Crippen LogP contribution in [0, 0.1) is 12.3 Å². The average Bonchev–Trinajstić information content (AvgIpc) is 3.11. The van der Waals surface area contributed by atoms with Gasteiger partial charge in [-0.2, -0.15) is 0 Å². The van der Waals surface area contributed by atoms with E-state index in [1.165, 1.54) is 30.4 Å². The zero-order valence-electron chi connectivity index (χ0n) is 17.1. The second-order valence-corrected chi connectivity index (χ2v) is 8.63. The van der Waals surface area contributed by atoms with E-state index in [2.05, 4.69) is 42.2 Å². The lowest BCUT2D eigenvalue weighted by Crippen LogP contribution is -2.50. The summed E-state index contributed by atoms with van der Waals surface area (Å²) in [5, 5.41) is 0. The first-order valence-electron chi connectivity index (χ1n) is 10.6. The number of hydrogen-bond donors (Lipinski definition) is 0. The lowest BCUT2D eigenvalue weighted by Gasteiger charge is -2.43. The van der Waals surface area contributed by atoms with Crippen molar-refractivity contribution in [3.05, 3.63) is 70.8 Å². The standard InChI is InChI=1S/C25H31NO2/c1-19-10-12-20(13-11-19)17-21-7-3-4-8-22(21)24(27)26-16-6-15-25(18-26)14-5-9-23(25)28-2/h3-4,7-8,10-13,23H,5-6,9,14-18H2,1-2H3/t23-,25+/m1/s1. The number of rotatable bonds is 4. The summed E-state index contributed by atoms with van der Waals surface area (Å²) in [6, 6.07) is 16.7. The molecule has 1 aliphatic heterocycles. The largest absolute Gasteiger partial charge is 0.381 e. The van der Waals surface area contributed by atoms with Crippen LogP contribution < -0.4 is 0 Å². The molecule has 3 heteroatoms. The molecule has 0 aromatic heterocycles. The van der Waals surface area contributed by atoms with E-state index < -0.39 is 0 Å². The van der Waals surface area contributed by atoms with E-state index in [1.807, 2.05) is 25.3 Å². The fourth-order valence-electron chi connectivity index (χ4n) is 5.25. The van der Waals surface area contributed by atoms with Crippen LogP contribution in [-0.4, -0.2) is 37.1 Å². The summed E-state index contributed by atoms with van der Waals surface area (Å²) >= 11 is 0. The molecule has 148 valence electrons. The summed E-state index contributed by atoms with van der Waals surface area (Å²) in [7, 11) is 1.83. The van der Waals surface area contributed by atoms with Crippen molar-refractivity contribution in [2.24, 2.45) is 5.41 Å². The van der Waals surface area contributed by atoms with E-state index in [9.17, 15) is 4.79 Å². The number of aryl methyl sites for hydroxylation is 1. The van der Waals surface area contributed by atoms with Crippen LogP contribution in [0.4, 0.5) is 0 Å². The number of amides is 1. The van der Waals surface area contributed by atoms with Crippen molar-refractivity contribution in [3.63, 3.8) is 0 Å². The Hall–Kier alpha value is -2.13. The Morgan fingerprint density at radius 2 is 1.86 bits per heavy atom. The SMILES string of the molecule is CO[C@@H]1CCC[C@@]12CCCN(C(=O)c1ccccc1Cc1ccc(C)cc1)C2. The number of ether oxygens (including phenoxy) is 1. The van der Waals surface area contributed by atoms with E-state index in [0.29, 0.717) is 6.10 Å². The fourth-order valence-corrected chi connectivity index (χ4v) is 5.25. The highest BCUT2D eigenvalue weighted by Crippen LogP contribution is 2.46. The van der Waals surface area contributed by atoms with Crippen LogP contribution in [0.1, 0.15) is 59.2 Å². The molecule has 1 saturated carbocycles. The van der Waals surface area contributed by atoms with Gasteiger partial charge in [-0.15, -0.1) is 0 Å². The Balaban J connectivity index is 1.55. The maximum absolute atomic E-state index is 13.5. The summed E-state index contributed by atoms with van der Waals surface area (Å²) in [6.45, 7) is 3.79. The Labute approximate surface area is 168 Å². The Kier molecular flexibility index (Phi) is 5.54. The summed E-state index contributed by atoms with van der Waals surface area (Å²) in [5.41, 5.74) is 4.64. The summed E-state index contributed by atoms with van der Waals surface area (Å²) in [6.07, 6.45) is 6.87. The molecule has 4 rings (SSSR count). The molecule has 0 N–H and O–H groups in total. The molecular formula is C25H31NO2. The minimum absolute atomic E-state index is 0.161. The number of nitrogens with zero attached hydrogens (tertiary/aromatic N) is 1.